The summed E-state index contributed by atoms with van der Waals surface area (Å²) in [5.74, 6) is 0.936. The molecule has 0 fully saturated rings. The van der Waals surface area contributed by atoms with E-state index in [9.17, 15) is 0 Å². The average molecular weight is 315 g/mol. The maximum Gasteiger partial charge on any atom is 0.119 e. The fraction of sp³-hybridized carbons (Fsp3) is 0.571. The molecular formula is C14H23BrN2O. The van der Waals surface area contributed by atoms with Gasteiger partial charge in [0.1, 0.15) is 12.4 Å². The predicted octanol–water partition coefficient (Wildman–Crippen LogP) is 2.68. The molecule has 1 rings (SSSR count). The molecular weight excluding hydrogens is 292 g/mol. The van der Waals surface area contributed by atoms with E-state index in [2.05, 4.69) is 53.2 Å². The van der Waals surface area contributed by atoms with E-state index in [-0.39, 0.29) is 0 Å². The van der Waals surface area contributed by atoms with Gasteiger partial charge in [-0.25, -0.2) is 0 Å². The number of nitrogens with zero attached hydrogens (tertiary/aromatic N) is 1. The second-order valence-electron chi connectivity index (χ2n) is 4.67. The number of rotatable bonds is 8. The molecule has 0 heterocycles. The van der Waals surface area contributed by atoms with Crippen molar-refractivity contribution < 1.29 is 4.74 Å². The Labute approximate surface area is 119 Å². The molecule has 0 bridgehead atoms. The normalized spacial score (nSPS) is 10.9. The molecule has 3 nitrogen and oxygen atoms in total. The number of aryl methyl sites for hydroxylation is 1. The first kappa shape index (κ1) is 15.5. The third-order valence-electron chi connectivity index (χ3n) is 2.64. The fourth-order valence-electron chi connectivity index (χ4n) is 1.59. The number of nitrogens with one attached hydrogen (secondary N) is 1. The van der Waals surface area contributed by atoms with Gasteiger partial charge >= 0.3 is 0 Å². The van der Waals surface area contributed by atoms with Gasteiger partial charge in [0, 0.05) is 11.0 Å². The Balaban J connectivity index is 2.09. The van der Waals surface area contributed by atoms with Gasteiger partial charge in [-0.2, -0.15) is 0 Å². The summed E-state index contributed by atoms with van der Waals surface area (Å²) in [6.07, 6.45) is 1.17. The van der Waals surface area contributed by atoms with Gasteiger partial charge in [0.25, 0.3) is 0 Å². The highest BCUT2D eigenvalue weighted by atomic mass is 79.9. The molecule has 0 unspecified atom stereocenters. The first-order valence-corrected chi connectivity index (χ1v) is 7.13. The van der Waals surface area contributed by atoms with Crippen LogP contribution in [0.1, 0.15) is 12.0 Å². The number of ether oxygens (including phenoxy) is 1. The van der Waals surface area contributed by atoms with Crippen molar-refractivity contribution in [2.24, 2.45) is 0 Å². The van der Waals surface area contributed by atoms with Crippen LogP contribution in [0.2, 0.25) is 0 Å². The van der Waals surface area contributed by atoms with Crippen molar-refractivity contribution in [3.63, 3.8) is 0 Å². The molecule has 0 saturated carbocycles. The lowest BCUT2D eigenvalue weighted by Gasteiger charge is -2.11. The Hall–Kier alpha value is -0.580. The van der Waals surface area contributed by atoms with Crippen LogP contribution < -0.4 is 10.1 Å². The summed E-state index contributed by atoms with van der Waals surface area (Å²) >= 11 is 3.48. The smallest absolute Gasteiger partial charge is 0.119 e. The van der Waals surface area contributed by atoms with Crippen molar-refractivity contribution in [2.75, 3.05) is 40.3 Å². The van der Waals surface area contributed by atoms with Crippen molar-refractivity contribution in [2.45, 2.75) is 13.3 Å². The van der Waals surface area contributed by atoms with Crippen LogP contribution in [0, 0.1) is 6.92 Å². The molecule has 0 aliphatic rings. The van der Waals surface area contributed by atoms with E-state index >= 15 is 0 Å². The van der Waals surface area contributed by atoms with Crippen LogP contribution in [-0.2, 0) is 0 Å². The van der Waals surface area contributed by atoms with Gasteiger partial charge in [-0.1, -0.05) is 15.9 Å². The number of halogens is 1. The fourth-order valence-corrected chi connectivity index (χ4v) is 1.84. The first-order valence-electron chi connectivity index (χ1n) is 6.34. The quantitative estimate of drug-likeness (QED) is 0.747. The summed E-state index contributed by atoms with van der Waals surface area (Å²) in [5, 5.41) is 3.38. The molecule has 0 saturated heterocycles. The van der Waals surface area contributed by atoms with Gasteiger partial charge in [-0.3, -0.25) is 0 Å². The molecule has 0 amide bonds. The lowest BCUT2D eigenvalue weighted by molar-refractivity contribution is 0.311. The Morgan fingerprint density at radius 2 is 2.06 bits per heavy atom. The standard InChI is InChI=1S/C14H23BrN2O/c1-12-11-13(5-6-14(12)15)18-10-8-16-7-4-9-17(2)3/h5-6,11,16H,4,7-10H2,1-3H3. The van der Waals surface area contributed by atoms with E-state index in [1.165, 1.54) is 12.0 Å². The molecule has 0 aliphatic carbocycles. The highest BCUT2D eigenvalue weighted by Crippen LogP contribution is 2.21. The zero-order valence-corrected chi connectivity index (χ0v) is 13.1. The second-order valence-corrected chi connectivity index (χ2v) is 5.52. The minimum atomic E-state index is 0.711. The van der Waals surface area contributed by atoms with Gasteiger partial charge in [0.05, 0.1) is 0 Å². The Morgan fingerprint density at radius 3 is 2.72 bits per heavy atom. The van der Waals surface area contributed by atoms with Gasteiger partial charge in [-0.15, -0.1) is 0 Å². The van der Waals surface area contributed by atoms with Crippen LogP contribution in [-0.4, -0.2) is 45.2 Å². The Bertz CT molecular complexity index is 356. The predicted molar refractivity (Wildman–Crippen MR) is 80.4 cm³/mol. The third-order valence-corrected chi connectivity index (χ3v) is 3.53. The molecule has 4 heteroatoms. The molecule has 102 valence electrons. The topological polar surface area (TPSA) is 24.5 Å². The summed E-state index contributed by atoms with van der Waals surface area (Å²) in [6, 6.07) is 6.06. The maximum absolute atomic E-state index is 5.68. The average Bonchev–Trinajstić information content (AvgIpc) is 2.32. The van der Waals surface area contributed by atoms with Crippen LogP contribution in [0.25, 0.3) is 0 Å². The van der Waals surface area contributed by atoms with Crippen LogP contribution in [0.4, 0.5) is 0 Å². The van der Waals surface area contributed by atoms with Crippen molar-refractivity contribution >= 4 is 15.9 Å². The van der Waals surface area contributed by atoms with Crippen LogP contribution in [0.3, 0.4) is 0 Å². The Morgan fingerprint density at radius 1 is 1.28 bits per heavy atom. The molecule has 0 aliphatic heterocycles. The summed E-state index contributed by atoms with van der Waals surface area (Å²) in [4.78, 5) is 2.20. The van der Waals surface area contributed by atoms with Crippen LogP contribution >= 0.6 is 15.9 Å². The summed E-state index contributed by atoms with van der Waals surface area (Å²) in [7, 11) is 4.19. The van der Waals surface area contributed by atoms with Gasteiger partial charge in [0.15, 0.2) is 0 Å². The molecule has 1 N–H and O–H groups in total. The van der Waals surface area contributed by atoms with E-state index in [0.717, 1.165) is 29.9 Å². The number of hydrogen-bond donors (Lipinski definition) is 1. The first-order chi connectivity index (χ1) is 8.59. The van der Waals surface area contributed by atoms with E-state index in [0.29, 0.717) is 6.61 Å². The SMILES string of the molecule is Cc1cc(OCCNCCCN(C)C)ccc1Br. The van der Waals surface area contributed by atoms with Crippen molar-refractivity contribution in [1.82, 2.24) is 10.2 Å². The van der Waals surface area contributed by atoms with E-state index in [4.69, 9.17) is 4.74 Å². The maximum atomic E-state index is 5.68. The van der Waals surface area contributed by atoms with Crippen molar-refractivity contribution in [3.05, 3.63) is 28.2 Å². The molecule has 0 atom stereocenters. The zero-order valence-electron chi connectivity index (χ0n) is 11.5. The monoisotopic (exact) mass is 314 g/mol. The summed E-state index contributed by atoms with van der Waals surface area (Å²) in [6.45, 7) is 5.84. The minimum absolute atomic E-state index is 0.711. The molecule has 0 spiro atoms. The van der Waals surface area contributed by atoms with Gasteiger partial charge < -0.3 is 15.0 Å². The van der Waals surface area contributed by atoms with Crippen molar-refractivity contribution in [1.29, 1.82) is 0 Å². The molecule has 1 aromatic rings. The summed E-state index contributed by atoms with van der Waals surface area (Å²) < 4.78 is 6.80. The zero-order chi connectivity index (χ0) is 13.4. The minimum Gasteiger partial charge on any atom is -0.492 e. The highest BCUT2D eigenvalue weighted by molar-refractivity contribution is 9.10. The Kier molecular flexibility index (Phi) is 7.32. The van der Waals surface area contributed by atoms with E-state index in [1.54, 1.807) is 0 Å². The van der Waals surface area contributed by atoms with Gasteiger partial charge in [0.2, 0.25) is 0 Å². The summed E-state index contributed by atoms with van der Waals surface area (Å²) in [5.41, 5.74) is 1.20. The lowest BCUT2D eigenvalue weighted by atomic mass is 10.2. The molecule has 1 aromatic carbocycles. The van der Waals surface area contributed by atoms with Gasteiger partial charge in [-0.05, 0) is 64.3 Å². The third kappa shape index (κ3) is 6.38. The molecule has 0 aromatic heterocycles. The molecule has 18 heavy (non-hydrogen) atoms. The second kappa shape index (κ2) is 8.51. The largest absolute Gasteiger partial charge is 0.492 e. The lowest BCUT2D eigenvalue weighted by Crippen LogP contribution is -2.25. The van der Waals surface area contributed by atoms with E-state index in [1.807, 2.05) is 12.1 Å². The molecule has 0 radical (unpaired) electrons. The van der Waals surface area contributed by atoms with Crippen LogP contribution in [0.5, 0.6) is 5.75 Å². The number of hydrogen-bond acceptors (Lipinski definition) is 3. The van der Waals surface area contributed by atoms with Crippen LogP contribution in [0.15, 0.2) is 22.7 Å². The highest BCUT2D eigenvalue weighted by Gasteiger charge is 1.98. The van der Waals surface area contributed by atoms with Crippen molar-refractivity contribution in [3.8, 4) is 5.75 Å². The van der Waals surface area contributed by atoms with E-state index < -0.39 is 0 Å². The number of benzene rings is 1.